The summed E-state index contributed by atoms with van der Waals surface area (Å²) in [6.45, 7) is 3.59. The van der Waals surface area contributed by atoms with Crippen LogP contribution in [-0.2, 0) is 14.8 Å². The van der Waals surface area contributed by atoms with Crippen LogP contribution in [0, 0.1) is 17.0 Å². The zero-order valence-electron chi connectivity index (χ0n) is 21.0. The van der Waals surface area contributed by atoms with Gasteiger partial charge >= 0.3 is 0 Å². The number of nitro benzene ring substituents is 1. The fourth-order valence-electron chi connectivity index (χ4n) is 3.97. The molecule has 38 heavy (non-hydrogen) atoms. The fraction of sp³-hybridized carbons (Fsp3) is 0.269. The van der Waals surface area contributed by atoms with Crippen LogP contribution in [0.5, 0.6) is 17.2 Å². The second-order valence-electron chi connectivity index (χ2n) is 8.61. The molecule has 12 heteroatoms. The van der Waals surface area contributed by atoms with E-state index in [4.69, 9.17) is 14.2 Å². The molecule has 200 valence electrons. The SMILES string of the molecule is COc1ccc(N(CC(=O)N[C@H](C)c2ccc3c(c2)OCCO3)S(=O)(=O)c2ccc(C)c([N+](=O)[O-])c2)cc1. The lowest BCUT2D eigenvalue weighted by Gasteiger charge is -2.25. The van der Waals surface area contributed by atoms with Crippen LogP contribution in [-0.4, -0.2) is 46.1 Å². The lowest BCUT2D eigenvalue weighted by molar-refractivity contribution is -0.385. The smallest absolute Gasteiger partial charge is 0.273 e. The second kappa shape index (κ2) is 11.0. The summed E-state index contributed by atoms with van der Waals surface area (Å²) >= 11 is 0. The molecule has 0 aliphatic carbocycles. The van der Waals surface area contributed by atoms with E-state index in [1.165, 1.54) is 38.3 Å². The maximum Gasteiger partial charge on any atom is 0.273 e. The number of nitrogens with one attached hydrogen (secondary N) is 1. The number of methoxy groups -OCH3 is 1. The Hall–Kier alpha value is -4.32. The highest BCUT2D eigenvalue weighted by atomic mass is 32.2. The average Bonchev–Trinajstić information content (AvgIpc) is 2.91. The number of rotatable bonds is 9. The molecule has 3 aromatic rings. The van der Waals surface area contributed by atoms with Gasteiger partial charge in [-0.2, -0.15) is 0 Å². The van der Waals surface area contributed by atoms with Crippen molar-refractivity contribution in [1.82, 2.24) is 5.32 Å². The van der Waals surface area contributed by atoms with Crippen LogP contribution in [0.2, 0.25) is 0 Å². The van der Waals surface area contributed by atoms with E-state index in [2.05, 4.69) is 5.32 Å². The van der Waals surface area contributed by atoms with Gasteiger partial charge in [0.25, 0.3) is 15.7 Å². The largest absolute Gasteiger partial charge is 0.497 e. The van der Waals surface area contributed by atoms with E-state index < -0.39 is 33.4 Å². The van der Waals surface area contributed by atoms with Crippen molar-refractivity contribution in [2.24, 2.45) is 0 Å². The Balaban J connectivity index is 1.62. The molecule has 1 aliphatic heterocycles. The number of amides is 1. The summed E-state index contributed by atoms with van der Waals surface area (Å²) in [7, 11) is -2.89. The number of hydrogen-bond donors (Lipinski definition) is 1. The second-order valence-corrected chi connectivity index (χ2v) is 10.5. The number of sulfonamides is 1. The predicted octanol–water partition coefficient (Wildman–Crippen LogP) is 3.76. The van der Waals surface area contributed by atoms with E-state index in [0.717, 1.165) is 15.9 Å². The topological polar surface area (TPSA) is 137 Å². The lowest BCUT2D eigenvalue weighted by Crippen LogP contribution is -2.41. The monoisotopic (exact) mass is 541 g/mol. The lowest BCUT2D eigenvalue weighted by atomic mass is 10.1. The highest BCUT2D eigenvalue weighted by molar-refractivity contribution is 7.92. The van der Waals surface area contributed by atoms with E-state index in [9.17, 15) is 23.3 Å². The van der Waals surface area contributed by atoms with Crippen LogP contribution in [0.4, 0.5) is 11.4 Å². The van der Waals surface area contributed by atoms with Gasteiger partial charge in [0.2, 0.25) is 5.91 Å². The van der Waals surface area contributed by atoms with E-state index in [-0.39, 0.29) is 16.3 Å². The minimum absolute atomic E-state index is 0.191. The van der Waals surface area contributed by atoms with Crippen LogP contribution in [0.3, 0.4) is 0 Å². The van der Waals surface area contributed by atoms with E-state index in [0.29, 0.717) is 36.0 Å². The molecule has 1 amide bonds. The molecule has 0 unspecified atom stereocenters. The molecule has 0 saturated heterocycles. The van der Waals surface area contributed by atoms with Gasteiger partial charge < -0.3 is 19.5 Å². The third-order valence-electron chi connectivity index (χ3n) is 6.06. The predicted molar refractivity (Wildman–Crippen MR) is 139 cm³/mol. The number of carbonyl (C=O) groups is 1. The summed E-state index contributed by atoms with van der Waals surface area (Å²) in [6.07, 6.45) is 0. The summed E-state index contributed by atoms with van der Waals surface area (Å²) in [5.74, 6) is 1.10. The van der Waals surface area contributed by atoms with Gasteiger partial charge in [-0.25, -0.2) is 8.42 Å². The molecular weight excluding hydrogens is 514 g/mol. The van der Waals surface area contributed by atoms with Crippen LogP contribution in [0.25, 0.3) is 0 Å². The van der Waals surface area contributed by atoms with Gasteiger partial charge in [-0.15, -0.1) is 0 Å². The van der Waals surface area contributed by atoms with Gasteiger partial charge in [0, 0.05) is 11.6 Å². The first-order valence-electron chi connectivity index (χ1n) is 11.7. The zero-order chi connectivity index (χ0) is 27.4. The number of benzene rings is 3. The molecule has 1 heterocycles. The zero-order valence-corrected chi connectivity index (χ0v) is 21.9. The maximum atomic E-state index is 13.7. The quantitative estimate of drug-likeness (QED) is 0.319. The molecule has 0 fully saturated rings. The molecule has 0 radical (unpaired) electrons. The molecule has 1 N–H and O–H groups in total. The first kappa shape index (κ1) is 26.7. The van der Waals surface area contributed by atoms with Gasteiger partial charge in [-0.05, 0) is 61.9 Å². The molecule has 0 aromatic heterocycles. The summed E-state index contributed by atoms with van der Waals surface area (Å²) in [5.41, 5.74) is 0.917. The number of hydrogen-bond acceptors (Lipinski definition) is 8. The molecule has 1 aliphatic rings. The summed E-state index contributed by atoms with van der Waals surface area (Å²) < 4.78 is 44.6. The molecular formula is C26H27N3O8S. The van der Waals surface area contributed by atoms with Crippen molar-refractivity contribution in [3.63, 3.8) is 0 Å². The molecule has 0 bridgehead atoms. The maximum absolute atomic E-state index is 13.7. The number of ether oxygens (including phenoxy) is 3. The van der Waals surface area contributed by atoms with Gasteiger partial charge in [0.15, 0.2) is 11.5 Å². The van der Waals surface area contributed by atoms with Gasteiger partial charge in [0.1, 0.15) is 25.5 Å². The number of nitro groups is 1. The molecule has 1 atom stereocenters. The van der Waals surface area contributed by atoms with Crippen molar-refractivity contribution >= 4 is 27.3 Å². The third-order valence-corrected chi connectivity index (χ3v) is 7.83. The van der Waals surface area contributed by atoms with Crippen molar-refractivity contribution < 1.29 is 32.3 Å². The summed E-state index contributed by atoms with van der Waals surface area (Å²) in [5, 5.41) is 14.3. The van der Waals surface area contributed by atoms with Crippen LogP contribution >= 0.6 is 0 Å². The Morgan fingerprint density at radius 2 is 1.76 bits per heavy atom. The number of nitrogens with zero attached hydrogens (tertiary/aromatic N) is 2. The Kier molecular flexibility index (Phi) is 7.72. The summed E-state index contributed by atoms with van der Waals surface area (Å²) in [6, 6.07) is 14.6. The van der Waals surface area contributed by atoms with Gasteiger partial charge in [-0.3, -0.25) is 19.2 Å². The van der Waals surface area contributed by atoms with Crippen molar-refractivity contribution in [3.8, 4) is 17.2 Å². The molecule has 0 spiro atoms. The number of carbonyl (C=O) groups excluding carboxylic acids is 1. The molecule has 4 rings (SSSR count). The number of aryl methyl sites for hydroxylation is 1. The Morgan fingerprint density at radius 3 is 2.42 bits per heavy atom. The van der Waals surface area contributed by atoms with Crippen LogP contribution in [0.15, 0.2) is 65.6 Å². The van der Waals surface area contributed by atoms with E-state index in [1.807, 2.05) is 0 Å². The normalized spacial score (nSPS) is 13.3. The minimum atomic E-state index is -4.36. The average molecular weight is 542 g/mol. The standard InChI is InChI=1S/C26H27N3O8S/c1-17-4-10-22(15-23(17)29(31)32)38(33,34)28(20-6-8-21(35-3)9-7-20)16-26(30)27-18(2)19-5-11-24-25(14-19)37-13-12-36-24/h4-11,14-15,18H,12-13,16H2,1-3H3,(H,27,30)/t18-/m1/s1. The third kappa shape index (κ3) is 5.65. The van der Waals surface area contributed by atoms with Crippen molar-refractivity contribution in [3.05, 3.63) is 81.9 Å². The molecule has 11 nitrogen and oxygen atoms in total. The van der Waals surface area contributed by atoms with Crippen molar-refractivity contribution in [1.29, 1.82) is 0 Å². The molecule has 3 aromatic carbocycles. The highest BCUT2D eigenvalue weighted by Crippen LogP contribution is 2.33. The van der Waals surface area contributed by atoms with Crippen LogP contribution < -0.4 is 23.8 Å². The van der Waals surface area contributed by atoms with E-state index in [1.54, 1.807) is 37.3 Å². The highest BCUT2D eigenvalue weighted by Gasteiger charge is 2.30. The number of anilines is 1. The van der Waals surface area contributed by atoms with E-state index >= 15 is 0 Å². The number of fused-ring (bicyclic) bond motifs is 1. The van der Waals surface area contributed by atoms with Gasteiger partial charge in [0.05, 0.1) is 28.7 Å². The molecule has 0 saturated carbocycles. The Bertz CT molecular complexity index is 1460. The first-order valence-corrected chi connectivity index (χ1v) is 13.1. The minimum Gasteiger partial charge on any atom is -0.497 e. The first-order chi connectivity index (χ1) is 18.1. The fourth-order valence-corrected chi connectivity index (χ4v) is 5.41. The van der Waals surface area contributed by atoms with Crippen molar-refractivity contribution in [2.45, 2.75) is 24.8 Å². The van der Waals surface area contributed by atoms with Gasteiger partial charge in [-0.1, -0.05) is 12.1 Å². The Labute approximate surface area is 220 Å². The van der Waals surface area contributed by atoms with Crippen molar-refractivity contribution in [2.75, 3.05) is 31.2 Å². The Morgan fingerprint density at radius 1 is 1.08 bits per heavy atom. The summed E-state index contributed by atoms with van der Waals surface area (Å²) in [4.78, 5) is 23.6. The van der Waals surface area contributed by atoms with Crippen LogP contribution in [0.1, 0.15) is 24.1 Å².